The average Bonchev–Trinajstić information content (AvgIpc) is 2.31. The van der Waals surface area contributed by atoms with Crippen molar-refractivity contribution in [3.63, 3.8) is 0 Å². The number of benzene rings is 1. The molecule has 1 aliphatic heterocycles. The quantitative estimate of drug-likeness (QED) is 0.676. The lowest BCUT2D eigenvalue weighted by atomic mass is 10.4. The van der Waals surface area contributed by atoms with Crippen molar-refractivity contribution in [2.24, 2.45) is 0 Å². The van der Waals surface area contributed by atoms with E-state index in [1.165, 1.54) is 0 Å². The van der Waals surface area contributed by atoms with E-state index in [0.717, 1.165) is 12.1 Å². The zero-order chi connectivity index (χ0) is 13.1. The van der Waals surface area contributed by atoms with Gasteiger partial charge in [0.05, 0.1) is 4.90 Å². The fourth-order valence-corrected chi connectivity index (χ4v) is 5.09. The van der Waals surface area contributed by atoms with Crippen molar-refractivity contribution in [1.29, 1.82) is 0 Å². The topological polar surface area (TPSA) is 132 Å². The summed E-state index contributed by atoms with van der Waals surface area (Å²) in [5, 5.41) is 0. The first kappa shape index (κ1) is 12.4. The van der Waals surface area contributed by atoms with Gasteiger partial charge in [-0.2, -0.15) is 25.3 Å². The Kier molecular flexibility index (Phi) is 2.39. The summed E-state index contributed by atoms with van der Waals surface area (Å²) in [4.78, 5) is -2.21. The second-order valence-corrected chi connectivity index (χ2v) is 7.72. The molecule has 1 heterocycles. The van der Waals surface area contributed by atoms with Crippen molar-refractivity contribution in [3.8, 4) is 0 Å². The van der Waals surface area contributed by atoms with Crippen molar-refractivity contribution >= 4 is 30.4 Å². The standard InChI is InChI=1S/C6H4O8S3/c7-15(8,9)4-1-2-5-6(3-4)17(12,13)14-16(5,10)11/h1-3H,(H,7,8,9). The maximum absolute atomic E-state index is 11.3. The number of hydrogen-bond donors (Lipinski definition) is 1. The second-order valence-electron chi connectivity index (χ2n) is 3.06. The van der Waals surface area contributed by atoms with Crippen LogP contribution in [0.4, 0.5) is 0 Å². The summed E-state index contributed by atoms with van der Waals surface area (Å²) < 4.78 is 79.1. The third kappa shape index (κ3) is 1.95. The molecule has 1 N–H and O–H groups in total. The van der Waals surface area contributed by atoms with Crippen LogP contribution in [0.2, 0.25) is 0 Å². The van der Waals surface area contributed by atoms with Gasteiger partial charge in [0.1, 0.15) is 9.79 Å². The highest BCUT2D eigenvalue weighted by Gasteiger charge is 2.41. The van der Waals surface area contributed by atoms with Crippen LogP contribution in [-0.4, -0.2) is 29.8 Å². The van der Waals surface area contributed by atoms with Gasteiger partial charge in [-0.15, -0.1) is 3.63 Å². The summed E-state index contributed by atoms with van der Waals surface area (Å²) in [5.41, 5.74) is 0. The Morgan fingerprint density at radius 3 is 2.06 bits per heavy atom. The predicted octanol–water partition coefficient (Wildman–Crippen LogP) is -0.659. The molecule has 11 heteroatoms. The summed E-state index contributed by atoms with van der Waals surface area (Å²) in [7, 11) is -13.6. The molecular formula is C6H4O8S3. The molecule has 0 fully saturated rings. The van der Waals surface area contributed by atoms with Gasteiger partial charge < -0.3 is 0 Å². The fraction of sp³-hybridized carbons (Fsp3) is 0. The molecule has 1 aliphatic rings. The van der Waals surface area contributed by atoms with Crippen molar-refractivity contribution < 1.29 is 33.4 Å². The summed E-state index contributed by atoms with van der Waals surface area (Å²) in [6.07, 6.45) is 0. The predicted molar refractivity (Wildman–Crippen MR) is 51.7 cm³/mol. The van der Waals surface area contributed by atoms with Crippen LogP contribution >= 0.6 is 0 Å². The zero-order valence-electron chi connectivity index (χ0n) is 7.76. The van der Waals surface area contributed by atoms with Crippen molar-refractivity contribution in [3.05, 3.63) is 18.2 Å². The Labute approximate surface area is 96.8 Å². The van der Waals surface area contributed by atoms with Gasteiger partial charge in [-0.25, -0.2) is 0 Å². The molecule has 0 amide bonds. The molecule has 0 saturated heterocycles. The summed E-state index contributed by atoms with van der Waals surface area (Å²) in [5.74, 6) is 0. The highest BCUT2D eigenvalue weighted by atomic mass is 32.3. The number of hydrogen-bond acceptors (Lipinski definition) is 7. The van der Waals surface area contributed by atoms with Gasteiger partial charge in [0.15, 0.2) is 0 Å². The van der Waals surface area contributed by atoms with E-state index in [-0.39, 0.29) is 0 Å². The summed E-state index contributed by atoms with van der Waals surface area (Å²) in [6, 6.07) is 2.01. The normalized spacial score (nSPS) is 21.0. The first-order chi connectivity index (χ1) is 7.54. The van der Waals surface area contributed by atoms with E-state index >= 15 is 0 Å². The molecule has 8 nitrogen and oxygen atoms in total. The van der Waals surface area contributed by atoms with Gasteiger partial charge in [-0.3, -0.25) is 4.55 Å². The first-order valence-corrected chi connectivity index (χ1v) is 8.12. The Hall–Kier alpha value is -1.01. The van der Waals surface area contributed by atoms with E-state index in [1.54, 1.807) is 0 Å². The lowest BCUT2D eigenvalue weighted by Gasteiger charge is -1.98. The van der Waals surface area contributed by atoms with Gasteiger partial charge in [-0.1, -0.05) is 0 Å². The molecule has 17 heavy (non-hydrogen) atoms. The molecule has 0 radical (unpaired) electrons. The molecule has 0 aromatic heterocycles. The van der Waals surface area contributed by atoms with E-state index < -0.39 is 45.0 Å². The first-order valence-electron chi connectivity index (χ1n) is 3.87. The maximum Gasteiger partial charge on any atom is 0.313 e. The third-order valence-corrected chi connectivity index (χ3v) is 6.11. The highest BCUT2D eigenvalue weighted by molar-refractivity contribution is 8.02. The van der Waals surface area contributed by atoms with Gasteiger partial charge in [0, 0.05) is 0 Å². The molecule has 1 aromatic rings. The van der Waals surface area contributed by atoms with Gasteiger partial charge in [0.25, 0.3) is 10.1 Å². The van der Waals surface area contributed by atoms with Crippen LogP contribution in [0, 0.1) is 0 Å². The molecule has 0 aliphatic carbocycles. The van der Waals surface area contributed by atoms with Crippen LogP contribution in [0.3, 0.4) is 0 Å². The van der Waals surface area contributed by atoms with Crippen LogP contribution in [0.25, 0.3) is 0 Å². The maximum atomic E-state index is 11.3. The van der Waals surface area contributed by atoms with E-state index in [1.807, 2.05) is 0 Å². The van der Waals surface area contributed by atoms with Crippen LogP contribution in [0.1, 0.15) is 0 Å². The van der Waals surface area contributed by atoms with Crippen LogP contribution in [0.15, 0.2) is 32.9 Å². The Bertz CT molecular complexity index is 799. The van der Waals surface area contributed by atoms with Gasteiger partial charge in [0.2, 0.25) is 0 Å². The minimum absolute atomic E-state index is 0.518. The molecule has 0 spiro atoms. The minimum Gasteiger partial charge on any atom is -0.282 e. The third-order valence-electron chi connectivity index (χ3n) is 1.93. The van der Waals surface area contributed by atoms with Crippen molar-refractivity contribution in [2.45, 2.75) is 14.7 Å². The van der Waals surface area contributed by atoms with Crippen LogP contribution < -0.4 is 0 Å². The minimum atomic E-state index is -4.63. The number of rotatable bonds is 1. The van der Waals surface area contributed by atoms with Gasteiger partial charge >= 0.3 is 20.2 Å². The monoisotopic (exact) mass is 300 g/mol. The van der Waals surface area contributed by atoms with E-state index in [4.69, 9.17) is 4.55 Å². The van der Waals surface area contributed by atoms with E-state index in [2.05, 4.69) is 3.63 Å². The highest BCUT2D eigenvalue weighted by Crippen LogP contribution is 2.34. The molecule has 1 aromatic carbocycles. The largest absolute Gasteiger partial charge is 0.313 e. The molecule has 0 unspecified atom stereocenters. The Morgan fingerprint density at radius 1 is 1.00 bits per heavy atom. The summed E-state index contributed by atoms with van der Waals surface area (Å²) >= 11 is 0. The lowest BCUT2D eigenvalue weighted by molar-refractivity contribution is 0.475. The zero-order valence-corrected chi connectivity index (χ0v) is 10.2. The van der Waals surface area contributed by atoms with E-state index in [9.17, 15) is 25.3 Å². The molecule has 94 valence electrons. The fourth-order valence-electron chi connectivity index (χ4n) is 1.24. The molecule has 0 bridgehead atoms. The second kappa shape index (κ2) is 3.26. The SMILES string of the molecule is O=S(=O)(O)c1ccc2c(c1)S(=O)(=O)OS2(=O)=O. The van der Waals surface area contributed by atoms with E-state index in [0.29, 0.717) is 6.07 Å². The summed E-state index contributed by atoms with van der Waals surface area (Å²) in [6.45, 7) is 0. The Balaban J connectivity index is 2.88. The van der Waals surface area contributed by atoms with Crippen LogP contribution in [-0.2, 0) is 34.0 Å². The molecule has 0 atom stereocenters. The lowest BCUT2D eigenvalue weighted by Crippen LogP contribution is -2.01. The Morgan fingerprint density at radius 2 is 1.53 bits per heavy atom. The van der Waals surface area contributed by atoms with Crippen molar-refractivity contribution in [1.82, 2.24) is 0 Å². The smallest absolute Gasteiger partial charge is 0.282 e. The van der Waals surface area contributed by atoms with Crippen molar-refractivity contribution in [2.75, 3.05) is 0 Å². The van der Waals surface area contributed by atoms with Gasteiger partial charge in [-0.05, 0) is 18.2 Å². The average molecular weight is 300 g/mol. The number of fused-ring (bicyclic) bond motifs is 1. The molecular weight excluding hydrogens is 296 g/mol. The molecule has 2 rings (SSSR count). The molecule has 0 saturated carbocycles. The van der Waals surface area contributed by atoms with Crippen LogP contribution in [0.5, 0.6) is 0 Å².